The number of nitrogens with zero attached hydrogens (tertiary/aromatic N) is 4. The van der Waals surface area contributed by atoms with Crippen molar-refractivity contribution in [1.82, 2.24) is 19.7 Å². The first kappa shape index (κ1) is 14.7. The molecule has 2 aromatic rings. The van der Waals surface area contributed by atoms with Gasteiger partial charge < -0.3 is 16.4 Å². The van der Waals surface area contributed by atoms with E-state index in [9.17, 15) is 4.79 Å². The smallest absolute Gasteiger partial charge is 0.229 e. The van der Waals surface area contributed by atoms with Gasteiger partial charge in [0.2, 0.25) is 11.9 Å². The Hall–Kier alpha value is -2.90. The number of allylic oxidation sites excluding steroid dienone is 1. The minimum atomic E-state index is -0.257. The van der Waals surface area contributed by atoms with Crippen LogP contribution in [-0.2, 0) is 11.8 Å². The van der Waals surface area contributed by atoms with Gasteiger partial charge in [-0.05, 0) is 24.3 Å². The molecule has 124 valence electrons. The molecule has 1 saturated carbocycles. The lowest BCUT2D eigenvalue weighted by atomic mass is 9.88. The zero-order chi connectivity index (χ0) is 16.7. The maximum absolute atomic E-state index is 11.8. The third-order valence-corrected chi connectivity index (χ3v) is 4.72. The summed E-state index contributed by atoms with van der Waals surface area (Å²) in [5.41, 5.74) is 6.41. The molecule has 1 fully saturated rings. The summed E-state index contributed by atoms with van der Waals surface area (Å²) >= 11 is 0. The Balaban J connectivity index is 1.51. The van der Waals surface area contributed by atoms with E-state index >= 15 is 0 Å². The first-order chi connectivity index (χ1) is 11.6. The van der Waals surface area contributed by atoms with Crippen molar-refractivity contribution in [3.63, 3.8) is 0 Å². The van der Waals surface area contributed by atoms with Gasteiger partial charge in [-0.3, -0.25) is 9.48 Å². The molecule has 2 aromatic heterocycles. The van der Waals surface area contributed by atoms with E-state index in [1.165, 1.54) is 0 Å². The van der Waals surface area contributed by atoms with Crippen LogP contribution in [0.2, 0.25) is 0 Å². The van der Waals surface area contributed by atoms with E-state index in [1.54, 1.807) is 23.1 Å². The van der Waals surface area contributed by atoms with Crippen LogP contribution in [0.3, 0.4) is 0 Å². The van der Waals surface area contributed by atoms with Crippen LogP contribution in [0.15, 0.2) is 36.8 Å². The Morgan fingerprint density at radius 1 is 1.38 bits per heavy atom. The van der Waals surface area contributed by atoms with Crippen molar-refractivity contribution in [2.75, 3.05) is 10.6 Å². The fourth-order valence-electron chi connectivity index (χ4n) is 3.69. The van der Waals surface area contributed by atoms with E-state index in [1.807, 2.05) is 13.2 Å². The fourth-order valence-corrected chi connectivity index (χ4v) is 3.69. The molecule has 0 spiro atoms. The third-order valence-electron chi connectivity index (χ3n) is 4.72. The van der Waals surface area contributed by atoms with Gasteiger partial charge in [-0.25, -0.2) is 4.98 Å². The number of nitrogens with two attached hydrogens (primary N) is 1. The van der Waals surface area contributed by atoms with Gasteiger partial charge in [-0.2, -0.15) is 10.1 Å². The summed E-state index contributed by atoms with van der Waals surface area (Å²) in [4.78, 5) is 20.5. The molecule has 1 amide bonds. The second-order valence-corrected chi connectivity index (χ2v) is 6.34. The lowest BCUT2D eigenvalue weighted by molar-refractivity contribution is -0.122. The Kier molecular flexibility index (Phi) is 3.44. The third kappa shape index (κ3) is 2.60. The van der Waals surface area contributed by atoms with E-state index in [-0.39, 0.29) is 23.8 Å². The molecule has 0 aliphatic heterocycles. The SMILES string of the molecule is Cn1cc(Nc2nccc(N[C@H]3[C@@H](C(N)=O)[C@@H]4C=C[C@H]3C4)n2)cn1. The van der Waals surface area contributed by atoms with Gasteiger partial charge in [0.05, 0.1) is 17.8 Å². The molecule has 8 heteroatoms. The summed E-state index contributed by atoms with van der Waals surface area (Å²) in [6.07, 6.45) is 10.5. The predicted octanol–water partition coefficient (Wildman–Crippen LogP) is 1.04. The van der Waals surface area contributed by atoms with Gasteiger partial charge in [0.25, 0.3) is 0 Å². The summed E-state index contributed by atoms with van der Waals surface area (Å²) in [5, 5.41) is 10.6. The van der Waals surface area contributed by atoms with Crippen molar-refractivity contribution in [3.05, 3.63) is 36.8 Å². The highest BCUT2D eigenvalue weighted by molar-refractivity contribution is 5.79. The molecule has 4 N–H and O–H groups in total. The van der Waals surface area contributed by atoms with Gasteiger partial charge in [0.1, 0.15) is 5.82 Å². The Bertz CT molecular complexity index is 799. The summed E-state index contributed by atoms with van der Waals surface area (Å²) < 4.78 is 1.70. The van der Waals surface area contributed by atoms with Crippen LogP contribution in [0.4, 0.5) is 17.5 Å². The zero-order valence-corrected chi connectivity index (χ0v) is 13.3. The molecule has 0 unspecified atom stereocenters. The number of aromatic nitrogens is 4. The number of fused-ring (bicyclic) bond motifs is 2. The molecule has 8 nitrogen and oxygen atoms in total. The molecule has 4 atom stereocenters. The van der Waals surface area contributed by atoms with Crippen LogP contribution in [0, 0.1) is 17.8 Å². The van der Waals surface area contributed by atoms with Crippen molar-refractivity contribution in [1.29, 1.82) is 0 Å². The highest BCUT2D eigenvalue weighted by Crippen LogP contribution is 2.44. The number of carbonyl (C=O) groups excluding carboxylic acids is 1. The normalized spacial score (nSPS) is 27.4. The molecule has 0 saturated heterocycles. The van der Waals surface area contributed by atoms with Crippen LogP contribution in [0.5, 0.6) is 0 Å². The number of nitrogens with one attached hydrogen (secondary N) is 2. The zero-order valence-electron chi connectivity index (χ0n) is 13.3. The first-order valence-corrected chi connectivity index (χ1v) is 7.93. The Morgan fingerprint density at radius 3 is 2.96 bits per heavy atom. The topological polar surface area (TPSA) is 111 Å². The van der Waals surface area contributed by atoms with Crippen LogP contribution >= 0.6 is 0 Å². The largest absolute Gasteiger partial charge is 0.369 e. The van der Waals surface area contributed by atoms with Crippen molar-refractivity contribution < 1.29 is 4.79 Å². The maximum Gasteiger partial charge on any atom is 0.229 e. The standard InChI is InChI=1S/C16H19N7O/c1-23-8-11(7-19-23)20-16-18-5-4-12(22-16)21-14-10-3-2-9(6-10)13(14)15(17)24/h2-5,7-10,13-14H,6H2,1H3,(H2,17,24)(H2,18,20,21,22)/t9-,10+,13+,14-/m1/s1. The molecule has 2 aliphatic rings. The number of hydrogen-bond acceptors (Lipinski definition) is 6. The Morgan fingerprint density at radius 2 is 2.21 bits per heavy atom. The van der Waals surface area contributed by atoms with Gasteiger partial charge in [-0.1, -0.05) is 12.2 Å². The van der Waals surface area contributed by atoms with Crippen molar-refractivity contribution in [2.24, 2.45) is 30.5 Å². The predicted molar refractivity (Wildman–Crippen MR) is 89.4 cm³/mol. The van der Waals surface area contributed by atoms with E-state index in [2.05, 4.69) is 37.9 Å². The molecule has 4 rings (SSSR count). The van der Waals surface area contributed by atoms with Crippen molar-refractivity contribution in [3.8, 4) is 0 Å². The van der Waals surface area contributed by atoms with Crippen LogP contribution in [-0.4, -0.2) is 31.7 Å². The molecule has 24 heavy (non-hydrogen) atoms. The van der Waals surface area contributed by atoms with Gasteiger partial charge in [-0.15, -0.1) is 0 Å². The monoisotopic (exact) mass is 325 g/mol. The lowest BCUT2D eigenvalue weighted by Crippen LogP contribution is -2.41. The van der Waals surface area contributed by atoms with Gasteiger partial charge in [0, 0.05) is 25.5 Å². The molecule has 0 aromatic carbocycles. The number of aryl methyl sites for hydroxylation is 1. The minimum absolute atomic E-state index is 0.0151. The van der Waals surface area contributed by atoms with Crippen LogP contribution in [0.1, 0.15) is 6.42 Å². The summed E-state index contributed by atoms with van der Waals surface area (Å²) in [6, 6.07) is 1.78. The second kappa shape index (κ2) is 5.63. The molecule has 2 heterocycles. The molecular weight excluding hydrogens is 306 g/mol. The highest BCUT2D eigenvalue weighted by atomic mass is 16.1. The molecular formula is C16H19N7O. The second-order valence-electron chi connectivity index (χ2n) is 6.34. The minimum Gasteiger partial charge on any atom is -0.369 e. The summed E-state index contributed by atoms with van der Waals surface area (Å²) in [6.45, 7) is 0. The summed E-state index contributed by atoms with van der Waals surface area (Å²) in [5.74, 6) is 1.25. The number of carbonyl (C=O) groups is 1. The first-order valence-electron chi connectivity index (χ1n) is 7.93. The molecule has 2 bridgehead atoms. The summed E-state index contributed by atoms with van der Waals surface area (Å²) in [7, 11) is 1.84. The molecule has 2 aliphatic carbocycles. The number of hydrogen-bond donors (Lipinski definition) is 3. The maximum atomic E-state index is 11.8. The van der Waals surface area contributed by atoms with Gasteiger partial charge >= 0.3 is 0 Å². The van der Waals surface area contributed by atoms with Crippen molar-refractivity contribution in [2.45, 2.75) is 12.5 Å². The highest BCUT2D eigenvalue weighted by Gasteiger charge is 2.47. The quantitative estimate of drug-likeness (QED) is 0.708. The number of anilines is 3. The van der Waals surface area contributed by atoms with E-state index in [0.29, 0.717) is 17.7 Å². The van der Waals surface area contributed by atoms with E-state index in [0.717, 1.165) is 12.1 Å². The lowest BCUT2D eigenvalue weighted by Gasteiger charge is -2.27. The number of primary amides is 1. The van der Waals surface area contributed by atoms with Gasteiger partial charge in [0.15, 0.2) is 0 Å². The number of amides is 1. The average molecular weight is 325 g/mol. The van der Waals surface area contributed by atoms with E-state index in [4.69, 9.17) is 5.73 Å². The number of rotatable bonds is 5. The van der Waals surface area contributed by atoms with Crippen molar-refractivity contribution >= 4 is 23.4 Å². The molecule has 0 radical (unpaired) electrons. The van der Waals surface area contributed by atoms with E-state index < -0.39 is 0 Å². The van der Waals surface area contributed by atoms with Crippen LogP contribution < -0.4 is 16.4 Å². The average Bonchev–Trinajstić information content (AvgIpc) is 3.24. The van der Waals surface area contributed by atoms with Crippen LogP contribution in [0.25, 0.3) is 0 Å². The fraction of sp³-hybridized carbons (Fsp3) is 0.375. The Labute approximate surface area is 139 Å².